The molecule has 0 aliphatic carbocycles. The number of aliphatic hydroxyl groups excluding tert-OH is 1. The van der Waals surface area contributed by atoms with E-state index in [9.17, 15) is 5.11 Å². The fourth-order valence-corrected chi connectivity index (χ4v) is 4.60. The van der Waals surface area contributed by atoms with E-state index in [0.717, 1.165) is 44.9 Å². The summed E-state index contributed by atoms with van der Waals surface area (Å²) in [5.41, 5.74) is 1.24. The van der Waals surface area contributed by atoms with Crippen molar-refractivity contribution in [3.8, 4) is 11.5 Å². The first-order chi connectivity index (χ1) is 13.7. The molecular formula is C22H33N3O3. The van der Waals surface area contributed by atoms with Crippen LogP contribution in [-0.2, 0) is 6.54 Å². The summed E-state index contributed by atoms with van der Waals surface area (Å²) >= 11 is 0. The van der Waals surface area contributed by atoms with Crippen LogP contribution < -0.4 is 14.8 Å². The van der Waals surface area contributed by atoms with Gasteiger partial charge in [0.15, 0.2) is 11.5 Å². The highest BCUT2D eigenvalue weighted by molar-refractivity contribution is 5.43. The first-order valence-corrected chi connectivity index (χ1v) is 10.5. The first-order valence-electron chi connectivity index (χ1n) is 10.5. The Labute approximate surface area is 168 Å². The van der Waals surface area contributed by atoms with Crippen LogP contribution in [0.1, 0.15) is 24.8 Å². The Kier molecular flexibility index (Phi) is 6.52. The Morgan fingerprint density at radius 3 is 2.68 bits per heavy atom. The summed E-state index contributed by atoms with van der Waals surface area (Å²) in [6, 6.07) is 7.46. The number of hydrogen-bond acceptors (Lipinski definition) is 6. The van der Waals surface area contributed by atoms with Crippen LogP contribution in [0.3, 0.4) is 0 Å². The second-order valence-corrected chi connectivity index (χ2v) is 8.30. The van der Waals surface area contributed by atoms with E-state index in [1.807, 2.05) is 6.07 Å². The average Bonchev–Trinajstić information content (AvgIpc) is 3.05. The van der Waals surface area contributed by atoms with Gasteiger partial charge in [0.2, 0.25) is 0 Å². The Bertz CT molecular complexity index is 669. The quantitative estimate of drug-likeness (QED) is 0.662. The lowest BCUT2D eigenvalue weighted by atomic mass is 10.1. The molecule has 1 unspecified atom stereocenters. The maximum Gasteiger partial charge on any atom is 0.161 e. The van der Waals surface area contributed by atoms with E-state index in [-0.39, 0.29) is 6.61 Å². The third kappa shape index (κ3) is 5.06. The van der Waals surface area contributed by atoms with Crippen LogP contribution in [-0.4, -0.2) is 79.5 Å². The minimum Gasteiger partial charge on any atom is -0.493 e. The van der Waals surface area contributed by atoms with Crippen LogP contribution in [0.4, 0.5) is 0 Å². The Hall–Kier alpha value is -1.60. The van der Waals surface area contributed by atoms with E-state index in [1.165, 1.54) is 18.4 Å². The predicted octanol–water partition coefficient (Wildman–Crippen LogP) is 1.63. The third-order valence-corrected chi connectivity index (χ3v) is 5.97. The number of ether oxygens (including phenoxy) is 2. The van der Waals surface area contributed by atoms with Crippen molar-refractivity contribution in [1.29, 1.82) is 0 Å². The number of fused-ring (bicyclic) bond motifs is 2. The van der Waals surface area contributed by atoms with Gasteiger partial charge < -0.3 is 19.9 Å². The fourth-order valence-electron chi connectivity index (χ4n) is 4.60. The molecule has 2 fully saturated rings. The van der Waals surface area contributed by atoms with E-state index in [1.54, 1.807) is 7.11 Å². The lowest BCUT2D eigenvalue weighted by Gasteiger charge is -2.32. The van der Waals surface area contributed by atoms with Crippen molar-refractivity contribution in [2.24, 2.45) is 0 Å². The van der Waals surface area contributed by atoms with Gasteiger partial charge in [0.05, 0.1) is 7.11 Å². The molecule has 3 aliphatic rings. The standard InChI is InChI=1S/C22H33N3O3/c1-27-22-11-17(12-25-13-18-6-7-19(14-25)23-18)5-8-21(22)28-16-20(26)15-24-9-3-2-4-10-24/h2-3,5,8,11,18-20,23,26H,4,6-7,9-10,12-16H2,1H3/t18-,19+,20?. The average molecular weight is 388 g/mol. The van der Waals surface area contributed by atoms with Gasteiger partial charge in [0.25, 0.3) is 0 Å². The lowest BCUT2D eigenvalue weighted by molar-refractivity contribution is 0.0702. The fraction of sp³-hybridized carbons (Fsp3) is 0.636. The molecule has 6 heteroatoms. The van der Waals surface area contributed by atoms with Gasteiger partial charge in [-0.05, 0) is 37.0 Å². The van der Waals surface area contributed by atoms with Crippen LogP contribution in [0.15, 0.2) is 30.4 Å². The number of rotatable bonds is 8. The Balaban J connectivity index is 1.30. The van der Waals surface area contributed by atoms with Crippen LogP contribution >= 0.6 is 0 Å². The molecule has 1 aromatic carbocycles. The van der Waals surface area contributed by atoms with Crippen molar-refractivity contribution in [1.82, 2.24) is 15.1 Å². The van der Waals surface area contributed by atoms with Crippen LogP contribution in [0.5, 0.6) is 11.5 Å². The van der Waals surface area contributed by atoms with Gasteiger partial charge in [-0.25, -0.2) is 0 Å². The van der Waals surface area contributed by atoms with Crippen LogP contribution in [0.25, 0.3) is 0 Å². The number of aliphatic hydroxyl groups is 1. The number of nitrogens with one attached hydrogen (secondary N) is 1. The summed E-state index contributed by atoms with van der Waals surface area (Å²) in [6.07, 6.45) is 7.49. The number of piperazine rings is 1. The Morgan fingerprint density at radius 2 is 1.96 bits per heavy atom. The molecule has 3 atom stereocenters. The minimum absolute atomic E-state index is 0.275. The molecule has 6 nitrogen and oxygen atoms in total. The number of benzene rings is 1. The van der Waals surface area contributed by atoms with E-state index in [4.69, 9.17) is 9.47 Å². The maximum atomic E-state index is 10.3. The van der Waals surface area contributed by atoms with Crippen LogP contribution in [0, 0.1) is 0 Å². The normalized spacial score (nSPS) is 26.4. The number of β-amino-alcohol motifs (C(OH)–C–C–N with tert-alkyl or cyclic N) is 1. The van der Waals surface area contributed by atoms with Crippen molar-refractivity contribution in [3.05, 3.63) is 35.9 Å². The molecule has 2 bridgehead atoms. The lowest BCUT2D eigenvalue weighted by Crippen LogP contribution is -2.50. The zero-order valence-electron chi connectivity index (χ0n) is 16.8. The second-order valence-electron chi connectivity index (χ2n) is 8.30. The molecule has 0 radical (unpaired) electrons. The molecule has 0 aromatic heterocycles. The zero-order valence-corrected chi connectivity index (χ0v) is 16.8. The van der Waals surface area contributed by atoms with Crippen LogP contribution in [0.2, 0.25) is 0 Å². The molecule has 0 saturated carbocycles. The zero-order chi connectivity index (χ0) is 19.3. The molecular weight excluding hydrogens is 354 g/mol. The van der Waals surface area contributed by atoms with Gasteiger partial charge in [-0.1, -0.05) is 18.2 Å². The van der Waals surface area contributed by atoms with Crippen molar-refractivity contribution >= 4 is 0 Å². The van der Waals surface area contributed by atoms with E-state index in [2.05, 4.69) is 39.4 Å². The molecule has 3 aliphatic heterocycles. The van der Waals surface area contributed by atoms with Gasteiger partial charge in [0.1, 0.15) is 12.7 Å². The molecule has 154 valence electrons. The first kappa shape index (κ1) is 19.7. The molecule has 0 amide bonds. The summed E-state index contributed by atoms with van der Waals surface area (Å²) < 4.78 is 11.4. The topological polar surface area (TPSA) is 57.2 Å². The maximum absolute atomic E-state index is 10.3. The van der Waals surface area contributed by atoms with E-state index < -0.39 is 6.10 Å². The van der Waals surface area contributed by atoms with E-state index in [0.29, 0.717) is 24.4 Å². The highest BCUT2D eigenvalue weighted by Gasteiger charge is 2.31. The molecule has 3 heterocycles. The smallest absolute Gasteiger partial charge is 0.161 e. The summed E-state index contributed by atoms with van der Waals surface area (Å²) in [7, 11) is 1.67. The van der Waals surface area contributed by atoms with E-state index >= 15 is 0 Å². The molecule has 2 saturated heterocycles. The molecule has 1 aromatic rings. The second kappa shape index (κ2) is 9.27. The summed E-state index contributed by atoms with van der Waals surface area (Å²) in [5.74, 6) is 1.44. The number of likely N-dealkylation sites (tertiary alicyclic amines) is 1. The number of nitrogens with zero attached hydrogens (tertiary/aromatic N) is 2. The summed E-state index contributed by atoms with van der Waals surface area (Å²) in [6.45, 7) is 6.00. The van der Waals surface area contributed by atoms with Gasteiger partial charge in [-0.15, -0.1) is 0 Å². The van der Waals surface area contributed by atoms with Crippen molar-refractivity contribution in [2.75, 3.05) is 46.4 Å². The van der Waals surface area contributed by atoms with Gasteiger partial charge in [0, 0.05) is 51.4 Å². The molecule has 28 heavy (non-hydrogen) atoms. The van der Waals surface area contributed by atoms with Crippen molar-refractivity contribution in [2.45, 2.75) is 44.0 Å². The number of methoxy groups -OCH3 is 1. The monoisotopic (exact) mass is 387 g/mol. The largest absolute Gasteiger partial charge is 0.493 e. The van der Waals surface area contributed by atoms with Gasteiger partial charge in [-0.2, -0.15) is 0 Å². The summed E-state index contributed by atoms with van der Waals surface area (Å²) in [4.78, 5) is 4.78. The Morgan fingerprint density at radius 1 is 1.14 bits per heavy atom. The number of hydrogen-bond donors (Lipinski definition) is 2. The van der Waals surface area contributed by atoms with Gasteiger partial charge in [-0.3, -0.25) is 9.80 Å². The highest BCUT2D eigenvalue weighted by Crippen LogP contribution is 2.29. The molecule has 0 spiro atoms. The third-order valence-electron chi connectivity index (χ3n) is 5.97. The summed E-state index contributed by atoms with van der Waals surface area (Å²) in [5, 5.41) is 14.0. The SMILES string of the molecule is COc1cc(CN2C[C@H]3CC[C@@H](C2)N3)ccc1OCC(O)CN1CC=CCC1. The molecule has 2 N–H and O–H groups in total. The van der Waals surface area contributed by atoms with Crippen molar-refractivity contribution in [3.63, 3.8) is 0 Å². The minimum atomic E-state index is -0.507. The molecule has 4 rings (SSSR count). The van der Waals surface area contributed by atoms with Gasteiger partial charge >= 0.3 is 0 Å². The highest BCUT2D eigenvalue weighted by atomic mass is 16.5. The predicted molar refractivity (Wildman–Crippen MR) is 110 cm³/mol. The van der Waals surface area contributed by atoms with Crippen molar-refractivity contribution < 1.29 is 14.6 Å².